The maximum atomic E-state index is 10.5. The number of thioether (sulfide) groups is 1. The lowest BCUT2D eigenvalue weighted by Gasteiger charge is -2.10. The molecule has 0 aliphatic carbocycles. The summed E-state index contributed by atoms with van der Waals surface area (Å²) in [6.07, 6.45) is 1.10. The van der Waals surface area contributed by atoms with E-state index < -0.39 is 5.97 Å². The van der Waals surface area contributed by atoms with Crippen LogP contribution in [0.25, 0.3) is 0 Å². The first-order chi connectivity index (χ1) is 5.74. The van der Waals surface area contributed by atoms with Crippen LogP contribution in [-0.4, -0.2) is 28.4 Å². The predicted octanol–water partition coefficient (Wildman–Crippen LogP) is 1.63. The smallest absolute Gasteiger partial charge is 0.304 e. The third-order valence-electron chi connectivity index (χ3n) is 1.87. The van der Waals surface area contributed by atoms with Crippen LogP contribution in [0.2, 0.25) is 0 Å². The molecule has 1 aliphatic heterocycles. The predicted molar refractivity (Wildman–Crippen MR) is 50.8 cm³/mol. The van der Waals surface area contributed by atoms with Gasteiger partial charge >= 0.3 is 5.97 Å². The van der Waals surface area contributed by atoms with Crippen LogP contribution in [0.4, 0.5) is 0 Å². The van der Waals surface area contributed by atoms with E-state index in [1.54, 1.807) is 11.8 Å². The molecule has 12 heavy (non-hydrogen) atoms. The number of aliphatic carboxylic acids is 1. The average Bonchev–Trinajstić information content (AvgIpc) is 2.51. The molecule has 0 aromatic heterocycles. The molecule has 1 N–H and O–H groups in total. The number of rotatable bonds is 4. The summed E-state index contributed by atoms with van der Waals surface area (Å²) in [5, 5.41) is 9.65. The fourth-order valence-electron chi connectivity index (χ4n) is 1.22. The van der Waals surface area contributed by atoms with Gasteiger partial charge in [0.1, 0.15) is 0 Å². The Kier molecular flexibility index (Phi) is 3.59. The van der Waals surface area contributed by atoms with Crippen molar-refractivity contribution in [3.8, 4) is 0 Å². The van der Waals surface area contributed by atoms with Crippen LogP contribution in [0, 0.1) is 5.92 Å². The number of nitrogens with zero attached hydrogens (tertiary/aromatic N) is 1. The SMILES string of the molecule is CCC(CC(=O)O)C1=NCCS1. The van der Waals surface area contributed by atoms with Crippen LogP contribution in [0.15, 0.2) is 4.99 Å². The quantitative estimate of drug-likeness (QED) is 0.727. The molecule has 0 saturated heterocycles. The van der Waals surface area contributed by atoms with Gasteiger partial charge in [-0.2, -0.15) is 0 Å². The summed E-state index contributed by atoms with van der Waals surface area (Å²) >= 11 is 1.70. The monoisotopic (exact) mass is 187 g/mol. The minimum absolute atomic E-state index is 0.148. The first kappa shape index (κ1) is 9.58. The number of hydrogen-bond acceptors (Lipinski definition) is 3. The van der Waals surface area contributed by atoms with Gasteiger partial charge in [0.25, 0.3) is 0 Å². The van der Waals surface area contributed by atoms with Gasteiger partial charge in [0, 0.05) is 18.2 Å². The normalized spacial score (nSPS) is 18.9. The zero-order valence-electron chi connectivity index (χ0n) is 7.12. The second kappa shape index (κ2) is 4.50. The Labute approximate surface area is 76.3 Å². The molecule has 0 saturated carbocycles. The highest BCUT2D eigenvalue weighted by Crippen LogP contribution is 2.23. The zero-order valence-corrected chi connectivity index (χ0v) is 7.93. The molecule has 1 aliphatic rings. The molecule has 1 heterocycles. The van der Waals surface area contributed by atoms with Gasteiger partial charge in [-0.25, -0.2) is 0 Å². The number of carboxylic acid groups (broad SMARTS) is 1. The lowest BCUT2D eigenvalue weighted by molar-refractivity contribution is -0.137. The van der Waals surface area contributed by atoms with E-state index in [0.29, 0.717) is 0 Å². The highest BCUT2D eigenvalue weighted by atomic mass is 32.2. The molecule has 4 heteroatoms. The van der Waals surface area contributed by atoms with Gasteiger partial charge in [0.2, 0.25) is 0 Å². The van der Waals surface area contributed by atoms with Crippen molar-refractivity contribution in [2.45, 2.75) is 19.8 Å². The number of aliphatic imine (C=N–C) groups is 1. The summed E-state index contributed by atoms with van der Waals surface area (Å²) in [5.74, 6) is 0.442. The highest BCUT2D eigenvalue weighted by molar-refractivity contribution is 8.14. The van der Waals surface area contributed by atoms with E-state index in [1.165, 1.54) is 0 Å². The van der Waals surface area contributed by atoms with Crippen LogP contribution < -0.4 is 0 Å². The summed E-state index contributed by atoms with van der Waals surface area (Å²) in [7, 11) is 0. The summed E-state index contributed by atoms with van der Waals surface area (Å²) in [6, 6.07) is 0. The Bertz CT molecular complexity index is 203. The number of carboxylic acids is 1. The summed E-state index contributed by atoms with van der Waals surface area (Å²) in [5.41, 5.74) is 0. The highest BCUT2D eigenvalue weighted by Gasteiger charge is 2.20. The maximum Gasteiger partial charge on any atom is 0.304 e. The number of hydrogen-bond donors (Lipinski definition) is 1. The van der Waals surface area contributed by atoms with Crippen molar-refractivity contribution in [1.82, 2.24) is 0 Å². The maximum absolute atomic E-state index is 10.5. The standard InChI is InChI=1S/C8H13NO2S/c1-2-6(5-7(10)11)8-9-3-4-12-8/h6H,2-5H2,1H3,(H,10,11). The first-order valence-electron chi connectivity index (χ1n) is 4.13. The topological polar surface area (TPSA) is 49.7 Å². The number of carbonyl (C=O) groups is 1. The average molecular weight is 187 g/mol. The summed E-state index contributed by atoms with van der Waals surface area (Å²) < 4.78 is 0. The molecule has 3 nitrogen and oxygen atoms in total. The van der Waals surface area contributed by atoms with E-state index in [0.717, 1.165) is 23.8 Å². The second-order valence-corrected chi connectivity index (χ2v) is 3.89. The zero-order chi connectivity index (χ0) is 8.97. The van der Waals surface area contributed by atoms with Crippen molar-refractivity contribution in [2.24, 2.45) is 10.9 Å². The molecular weight excluding hydrogens is 174 g/mol. The largest absolute Gasteiger partial charge is 0.481 e. The van der Waals surface area contributed by atoms with Gasteiger partial charge in [0.15, 0.2) is 0 Å². The summed E-state index contributed by atoms with van der Waals surface area (Å²) in [6.45, 7) is 2.87. The van der Waals surface area contributed by atoms with Crippen LogP contribution in [-0.2, 0) is 4.79 Å². The third kappa shape index (κ3) is 2.52. The van der Waals surface area contributed by atoms with Crippen molar-refractivity contribution >= 4 is 22.8 Å². The Morgan fingerprint density at radius 3 is 3.00 bits per heavy atom. The van der Waals surface area contributed by atoms with E-state index >= 15 is 0 Å². The van der Waals surface area contributed by atoms with Crippen LogP contribution in [0.1, 0.15) is 19.8 Å². The van der Waals surface area contributed by atoms with Crippen molar-refractivity contribution in [1.29, 1.82) is 0 Å². The minimum atomic E-state index is -0.725. The molecule has 0 amide bonds. The van der Waals surface area contributed by atoms with Crippen molar-refractivity contribution < 1.29 is 9.90 Å². The molecule has 1 unspecified atom stereocenters. The molecule has 0 bridgehead atoms. The molecule has 0 aromatic carbocycles. The van der Waals surface area contributed by atoms with Gasteiger partial charge in [-0.1, -0.05) is 6.92 Å². The van der Waals surface area contributed by atoms with Gasteiger partial charge in [-0.05, 0) is 6.42 Å². The van der Waals surface area contributed by atoms with Gasteiger partial charge in [0.05, 0.1) is 11.5 Å². The van der Waals surface area contributed by atoms with E-state index in [9.17, 15) is 4.79 Å². The molecule has 0 radical (unpaired) electrons. The Hall–Kier alpha value is -0.510. The molecule has 68 valence electrons. The van der Waals surface area contributed by atoms with Crippen molar-refractivity contribution in [3.63, 3.8) is 0 Å². The third-order valence-corrected chi connectivity index (χ3v) is 3.02. The second-order valence-electron chi connectivity index (χ2n) is 2.77. The lowest BCUT2D eigenvalue weighted by Crippen LogP contribution is -2.13. The molecule has 0 fully saturated rings. The first-order valence-corrected chi connectivity index (χ1v) is 5.11. The molecule has 0 spiro atoms. The Morgan fingerprint density at radius 2 is 2.58 bits per heavy atom. The lowest BCUT2D eigenvalue weighted by atomic mass is 10.0. The fourth-order valence-corrected chi connectivity index (χ4v) is 2.28. The molecule has 0 aromatic rings. The van der Waals surface area contributed by atoms with Crippen molar-refractivity contribution in [2.75, 3.05) is 12.3 Å². The van der Waals surface area contributed by atoms with E-state index in [2.05, 4.69) is 4.99 Å². The Morgan fingerprint density at radius 1 is 1.83 bits per heavy atom. The minimum Gasteiger partial charge on any atom is -0.481 e. The van der Waals surface area contributed by atoms with E-state index in [1.807, 2.05) is 6.92 Å². The molecule has 1 rings (SSSR count). The van der Waals surface area contributed by atoms with Crippen LogP contribution in [0.5, 0.6) is 0 Å². The van der Waals surface area contributed by atoms with E-state index in [-0.39, 0.29) is 12.3 Å². The molecule has 1 atom stereocenters. The van der Waals surface area contributed by atoms with Crippen LogP contribution >= 0.6 is 11.8 Å². The fraction of sp³-hybridized carbons (Fsp3) is 0.750. The van der Waals surface area contributed by atoms with Crippen molar-refractivity contribution in [3.05, 3.63) is 0 Å². The van der Waals surface area contributed by atoms with Gasteiger partial charge < -0.3 is 5.11 Å². The van der Waals surface area contributed by atoms with Gasteiger partial charge in [-0.15, -0.1) is 11.8 Å². The summed E-state index contributed by atoms with van der Waals surface area (Å²) in [4.78, 5) is 14.7. The molecular formula is C8H13NO2S. The van der Waals surface area contributed by atoms with E-state index in [4.69, 9.17) is 5.11 Å². The Balaban J connectivity index is 2.49. The van der Waals surface area contributed by atoms with Crippen LogP contribution in [0.3, 0.4) is 0 Å². The van der Waals surface area contributed by atoms with Gasteiger partial charge in [-0.3, -0.25) is 9.79 Å².